The van der Waals surface area contributed by atoms with Gasteiger partial charge in [0.25, 0.3) is 0 Å². The molecule has 0 radical (unpaired) electrons. The number of furan rings is 1. The minimum Gasteiger partial charge on any atom is -0.456 e. The topological polar surface area (TPSA) is 13.1 Å². The lowest BCUT2D eigenvalue weighted by Crippen LogP contribution is -1.86. The molecule has 0 saturated carbocycles. The second-order valence-electron chi connectivity index (χ2n) is 8.69. The van der Waals surface area contributed by atoms with Crippen LogP contribution in [0.3, 0.4) is 0 Å². The van der Waals surface area contributed by atoms with Crippen molar-refractivity contribution in [1.29, 1.82) is 0 Å². The Kier molecular flexibility index (Phi) is 4.09. The second kappa shape index (κ2) is 7.29. The smallest absolute Gasteiger partial charge is 0.136 e. The van der Waals surface area contributed by atoms with E-state index < -0.39 is 0 Å². The molecule has 0 aliphatic rings. The average molecular weight is 439 g/mol. The first-order valence-electron chi connectivity index (χ1n) is 11.4. The van der Waals surface area contributed by atoms with Crippen molar-refractivity contribution < 1.29 is 8.81 Å². The third-order valence-electron chi connectivity index (χ3n) is 6.75. The van der Waals surface area contributed by atoms with Gasteiger partial charge in [0.1, 0.15) is 17.0 Å². The van der Waals surface area contributed by atoms with E-state index in [1.54, 1.807) is 0 Å². The van der Waals surface area contributed by atoms with Crippen LogP contribution in [0.15, 0.2) is 120 Å². The molecule has 0 unspecified atom stereocenters. The molecule has 2 heteroatoms. The molecule has 0 aliphatic heterocycles. The van der Waals surface area contributed by atoms with Crippen molar-refractivity contribution in [2.45, 2.75) is 0 Å². The van der Waals surface area contributed by atoms with Gasteiger partial charge in [-0.15, -0.1) is 0 Å². The molecule has 7 aromatic rings. The minimum absolute atomic E-state index is 0.224. The quantitative estimate of drug-likeness (QED) is 0.262. The molecule has 0 amide bonds. The van der Waals surface area contributed by atoms with E-state index in [0.29, 0.717) is 0 Å². The highest BCUT2D eigenvalue weighted by Gasteiger charge is 2.14. The van der Waals surface area contributed by atoms with Gasteiger partial charge < -0.3 is 4.42 Å². The largest absolute Gasteiger partial charge is 0.456 e. The Morgan fingerprint density at radius 1 is 0.471 bits per heavy atom. The van der Waals surface area contributed by atoms with Gasteiger partial charge in [0.15, 0.2) is 0 Å². The first kappa shape index (κ1) is 19.1. The summed E-state index contributed by atoms with van der Waals surface area (Å²) in [6.45, 7) is 0. The molecule has 1 nitrogen and oxygen atoms in total. The fraction of sp³-hybridized carbons (Fsp3) is 0. The van der Waals surface area contributed by atoms with Gasteiger partial charge in [-0.05, 0) is 74.1 Å². The van der Waals surface area contributed by atoms with Crippen molar-refractivity contribution in [2.24, 2.45) is 0 Å². The molecule has 34 heavy (non-hydrogen) atoms. The van der Waals surface area contributed by atoms with Crippen molar-refractivity contribution >= 4 is 43.5 Å². The van der Waals surface area contributed by atoms with Gasteiger partial charge >= 0.3 is 0 Å². The molecule has 0 aliphatic carbocycles. The van der Waals surface area contributed by atoms with E-state index in [-0.39, 0.29) is 5.82 Å². The summed E-state index contributed by atoms with van der Waals surface area (Å²) in [7, 11) is 0. The van der Waals surface area contributed by atoms with Crippen LogP contribution in [-0.4, -0.2) is 0 Å². The highest BCUT2D eigenvalue weighted by Crippen LogP contribution is 2.40. The van der Waals surface area contributed by atoms with Crippen LogP contribution in [0.4, 0.5) is 4.39 Å². The summed E-state index contributed by atoms with van der Waals surface area (Å²) in [6.07, 6.45) is 0. The number of hydrogen-bond acceptors (Lipinski definition) is 1. The van der Waals surface area contributed by atoms with Crippen LogP contribution in [0.5, 0.6) is 0 Å². The Balaban J connectivity index is 1.49. The van der Waals surface area contributed by atoms with E-state index in [0.717, 1.165) is 49.6 Å². The van der Waals surface area contributed by atoms with E-state index >= 15 is 0 Å². The third kappa shape index (κ3) is 2.85. The highest BCUT2D eigenvalue weighted by atomic mass is 19.1. The Morgan fingerprint density at radius 3 is 1.85 bits per heavy atom. The van der Waals surface area contributed by atoms with E-state index in [4.69, 9.17) is 4.42 Å². The fourth-order valence-corrected chi connectivity index (χ4v) is 5.15. The zero-order chi connectivity index (χ0) is 22.6. The predicted octanol–water partition coefficient (Wildman–Crippen LogP) is 9.37. The Bertz CT molecular complexity index is 1860. The zero-order valence-corrected chi connectivity index (χ0v) is 18.3. The highest BCUT2D eigenvalue weighted by molar-refractivity contribution is 6.19. The molecule has 0 saturated heterocycles. The molecule has 6 aromatic carbocycles. The van der Waals surface area contributed by atoms with Gasteiger partial charge in [-0.25, -0.2) is 4.39 Å². The Labute approximate surface area is 195 Å². The molecule has 1 heterocycles. The van der Waals surface area contributed by atoms with Gasteiger partial charge in [0.05, 0.1) is 0 Å². The monoisotopic (exact) mass is 438 g/mol. The molecule has 0 fully saturated rings. The molecule has 0 atom stereocenters. The van der Waals surface area contributed by atoms with Crippen LogP contribution < -0.4 is 0 Å². The normalized spacial score (nSPS) is 11.7. The molecule has 1 aromatic heterocycles. The SMILES string of the molecule is Fc1ccc(-c2ccc(-c3ccc4oc5ccc6ccccc6c5c4c3)c3ccccc23)cc1. The average Bonchev–Trinajstić information content (AvgIpc) is 3.27. The van der Waals surface area contributed by atoms with Gasteiger partial charge in [0, 0.05) is 10.8 Å². The number of halogens is 1. The Morgan fingerprint density at radius 2 is 1.09 bits per heavy atom. The summed E-state index contributed by atoms with van der Waals surface area (Å²) in [5.74, 6) is -0.224. The van der Waals surface area contributed by atoms with Gasteiger partial charge in [-0.3, -0.25) is 0 Å². The molecule has 160 valence electrons. The zero-order valence-electron chi connectivity index (χ0n) is 18.3. The van der Waals surface area contributed by atoms with Crippen molar-refractivity contribution in [1.82, 2.24) is 0 Å². The van der Waals surface area contributed by atoms with E-state index in [2.05, 4.69) is 91.0 Å². The first-order chi connectivity index (χ1) is 16.8. The minimum atomic E-state index is -0.224. The van der Waals surface area contributed by atoms with Crippen LogP contribution in [0.25, 0.3) is 65.7 Å². The van der Waals surface area contributed by atoms with Crippen LogP contribution in [-0.2, 0) is 0 Å². The Hall–Kier alpha value is -4.43. The van der Waals surface area contributed by atoms with E-state index in [1.165, 1.54) is 28.3 Å². The van der Waals surface area contributed by atoms with E-state index in [9.17, 15) is 4.39 Å². The van der Waals surface area contributed by atoms with Crippen LogP contribution in [0.1, 0.15) is 0 Å². The van der Waals surface area contributed by atoms with Crippen molar-refractivity contribution in [3.63, 3.8) is 0 Å². The molecular formula is C32H19FO. The third-order valence-corrected chi connectivity index (χ3v) is 6.75. The molecule has 0 spiro atoms. The van der Waals surface area contributed by atoms with Crippen LogP contribution in [0.2, 0.25) is 0 Å². The summed E-state index contributed by atoms with van der Waals surface area (Å²) >= 11 is 0. The molecule has 0 bridgehead atoms. The maximum atomic E-state index is 13.5. The van der Waals surface area contributed by atoms with Crippen molar-refractivity contribution in [2.75, 3.05) is 0 Å². The van der Waals surface area contributed by atoms with Crippen LogP contribution >= 0.6 is 0 Å². The summed E-state index contributed by atoms with van der Waals surface area (Å²) in [5, 5.41) is 7.00. The van der Waals surface area contributed by atoms with Crippen molar-refractivity contribution in [3.05, 3.63) is 121 Å². The molecular weight excluding hydrogens is 419 g/mol. The van der Waals surface area contributed by atoms with Gasteiger partial charge in [0.2, 0.25) is 0 Å². The summed E-state index contributed by atoms with van der Waals surface area (Å²) in [5.41, 5.74) is 6.21. The molecule has 0 N–H and O–H groups in total. The number of fused-ring (bicyclic) bond motifs is 6. The fourth-order valence-electron chi connectivity index (χ4n) is 5.15. The van der Waals surface area contributed by atoms with Crippen molar-refractivity contribution in [3.8, 4) is 22.3 Å². The maximum absolute atomic E-state index is 13.5. The number of rotatable bonds is 2. The molecule has 7 rings (SSSR count). The summed E-state index contributed by atoms with van der Waals surface area (Å²) in [6, 6.07) is 38.5. The lowest BCUT2D eigenvalue weighted by molar-refractivity contribution is 0.628. The predicted molar refractivity (Wildman–Crippen MR) is 140 cm³/mol. The standard InChI is InChI=1S/C32H19FO/c33-23-13-9-21(10-14-23)24-15-16-25(28-8-4-3-7-27(24)28)22-12-17-30-29(19-22)32-26-6-2-1-5-20(26)11-18-31(32)34-30/h1-19H. The lowest BCUT2D eigenvalue weighted by atomic mass is 9.91. The van der Waals surface area contributed by atoms with Gasteiger partial charge in [-0.2, -0.15) is 0 Å². The summed E-state index contributed by atoms with van der Waals surface area (Å²) in [4.78, 5) is 0. The van der Waals surface area contributed by atoms with E-state index in [1.807, 2.05) is 12.1 Å². The maximum Gasteiger partial charge on any atom is 0.136 e. The first-order valence-corrected chi connectivity index (χ1v) is 11.4. The number of benzene rings is 6. The second-order valence-corrected chi connectivity index (χ2v) is 8.69. The van der Waals surface area contributed by atoms with Gasteiger partial charge in [-0.1, -0.05) is 84.9 Å². The summed E-state index contributed by atoms with van der Waals surface area (Å²) < 4.78 is 19.7. The lowest BCUT2D eigenvalue weighted by Gasteiger charge is -2.12. The van der Waals surface area contributed by atoms with Crippen LogP contribution in [0, 0.1) is 5.82 Å². The number of hydrogen-bond donors (Lipinski definition) is 0.